The molecule has 148 valence electrons. The average Bonchev–Trinajstić information content (AvgIpc) is 3.27. The molecule has 0 aliphatic heterocycles. The molecule has 0 spiro atoms. The first-order chi connectivity index (χ1) is 13.9. The predicted molar refractivity (Wildman–Crippen MR) is 101 cm³/mol. The molecular weight excluding hydrogens is 379 g/mol. The van der Waals surface area contributed by atoms with E-state index in [1.165, 1.54) is 22.7 Å². The molecule has 0 saturated heterocycles. The maximum absolute atomic E-state index is 13.5. The fourth-order valence-electron chi connectivity index (χ4n) is 2.89. The van der Waals surface area contributed by atoms with E-state index >= 15 is 0 Å². The molecule has 10 heteroatoms. The van der Waals surface area contributed by atoms with E-state index in [1.54, 1.807) is 24.3 Å². The third-order valence-corrected chi connectivity index (χ3v) is 4.09. The Morgan fingerprint density at radius 2 is 2.10 bits per heavy atom. The van der Waals surface area contributed by atoms with Crippen LogP contribution >= 0.6 is 0 Å². The van der Waals surface area contributed by atoms with Crippen LogP contribution in [-0.2, 0) is 11.3 Å². The Hall–Kier alpha value is -3.82. The summed E-state index contributed by atoms with van der Waals surface area (Å²) in [5, 5.41) is 10.8. The third kappa shape index (κ3) is 3.64. The summed E-state index contributed by atoms with van der Waals surface area (Å²) in [5.74, 6) is -0.405. The zero-order chi connectivity index (χ0) is 20.5. The second kappa shape index (κ2) is 7.30. The highest BCUT2D eigenvalue weighted by molar-refractivity contribution is 5.76. The minimum absolute atomic E-state index is 0.0505. The van der Waals surface area contributed by atoms with Gasteiger partial charge in [-0.25, -0.2) is 18.3 Å². The number of carbonyl (C=O) groups excluding carboxylic acids is 1. The van der Waals surface area contributed by atoms with Crippen molar-refractivity contribution in [2.24, 2.45) is 0 Å². The number of benzene rings is 1. The number of amides is 1. The van der Waals surface area contributed by atoms with E-state index < -0.39 is 11.5 Å². The summed E-state index contributed by atoms with van der Waals surface area (Å²) in [6.45, 7) is 3.44. The molecule has 1 aromatic carbocycles. The van der Waals surface area contributed by atoms with Crippen LogP contribution in [0.3, 0.4) is 0 Å². The second-order valence-corrected chi connectivity index (χ2v) is 6.71. The maximum atomic E-state index is 13.5. The van der Waals surface area contributed by atoms with Gasteiger partial charge in [0.15, 0.2) is 5.65 Å². The molecule has 0 atom stereocenters. The lowest BCUT2D eigenvalue weighted by Crippen LogP contribution is -2.36. The van der Waals surface area contributed by atoms with Crippen molar-refractivity contribution in [2.45, 2.75) is 26.4 Å². The zero-order valence-electron chi connectivity index (χ0n) is 15.7. The van der Waals surface area contributed by atoms with Gasteiger partial charge in [-0.2, -0.15) is 4.98 Å². The Labute approximate surface area is 163 Å². The minimum atomic E-state index is -0.467. The van der Waals surface area contributed by atoms with E-state index in [1.807, 2.05) is 13.8 Å². The van der Waals surface area contributed by atoms with Gasteiger partial charge in [-0.1, -0.05) is 17.3 Å². The summed E-state index contributed by atoms with van der Waals surface area (Å²) in [5.41, 5.74) is 0.679. The first-order valence-electron chi connectivity index (χ1n) is 8.90. The Bertz CT molecular complexity index is 1260. The molecule has 1 amide bonds. The van der Waals surface area contributed by atoms with Gasteiger partial charge < -0.3 is 9.84 Å². The molecule has 0 fully saturated rings. The van der Waals surface area contributed by atoms with Crippen LogP contribution < -0.4 is 11.0 Å². The summed E-state index contributed by atoms with van der Waals surface area (Å²) < 4.78 is 21.1. The molecule has 0 bridgehead atoms. The summed E-state index contributed by atoms with van der Waals surface area (Å²) in [7, 11) is 0. The molecule has 4 aromatic rings. The molecule has 0 aliphatic rings. The van der Waals surface area contributed by atoms with E-state index in [-0.39, 0.29) is 35.9 Å². The number of carbonyl (C=O) groups is 1. The van der Waals surface area contributed by atoms with E-state index in [0.29, 0.717) is 11.1 Å². The van der Waals surface area contributed by atoms with E-state index in [4.69, 9.17) is 4.52 Å². The van der Waals surface area contributed by atoms with Gasteiger partial charge in [0.05, 0.1) is 5.56 Å². The standard InChI is InChI=1S/C19H17FN6O3/c1-11(2)21-15(27)10-26-19(28)25-8-4-7-14(17(25)23-26)18-22-16(24-29-18)12-5-3-6-13(20)9-12/h3-9,11H,10H2,1-2H3,(H,21,27). The van der Waals surface area contributed by atoms with Gasteiger partial charge in [-0.15, -0.1) is 5.10 Å². The minimum Gasteiger partial charge on any atom is -0.352 e. The number of nitrogens with one attached hydrogen (secondary N) is 1. The fourth-order valence-corrected chi connectivity index (χ4v) is 2.89. The highest BCUT2D eigenvalue weighted by Gasteiger charge is 2.18. The smallest absolute Gasteiger partial charge is 0.350 e. The Kier molecular flexibility index (Phi) is 4.67. The first kappa shape index (κ1) is 18.5. The van der Waals surface area contributed by atoms with Crippen LogP contribution in [0.25, 0.3) is 28.5 Å². The van der Waals surface area contributed by atoms with E-state index in [0.717, 1.165) is 4.68 Å². The summed E-state index contributed by atoms with van der Waals surface area (Å²) in [4.78, 5) is 28.9. The number of fused-ring (bicyclic) bond motifs is 1. The van der Waals surface area contributed by atoms with Gasteiger partial charge in [0.25, 0.3) is 5.89 Å². The normalized spacial score (nSPS) is 11.3. The van der Waals surface area contributed by atoms with Crippen molar-refractivity contribution in [3.8, 4) is 22.8 Å². The average molecular weight is 396 g/mol. The first-order valence-corrected chi connectivity index (χ1v) is 8.90. The summed E-state index contributed by atoms with van der Waals surface area (Å²) in [6, 6.07) is 9.07. The molecule has 0 saturated carbocycles. The van der Waals surface area contributed by atoms with Crippen molar-refractivity contribution >= 4 is 11.6 Å². The SMILES string of the molecule is CC(C)NC(=O)Cn1nc2c(-c3nc(-c4cccc(F)c4)no3)cccn2c1=O. The van der Waals surface area contributed by atoms with Crippen molar-refractivity contribution in [1.29, 1.82) is 0 Å². The highest BCUT2D eigenvalue weighted by Crippen LogP contribution is 2.24. The van der Waals surface area contributed by atoms with Crippen molar-refractivity contribution in [2.75, 3.05) is 0 Å². The lowest BCUT2D eigenvalue weighted by Gasteiger charge is -2.06. The molecule has 0 aliphatic carbocycles. The quantitative estimate of drug-likeness (QED) is 0.552. The van der Waals surface area contributed by atoms with Crippen LogP contribution in [0.5, 0.6) is 0 Å². The molecule has 1 N–H and O–H groups in total. The fraction of sp³-hybridized carbons (Fsp3) is 0.211. The lowest BCUT2D eigenvalue weighted by molar-refractivity contribution is -0.122. The number of halogens is 1. The monoisotopic (exact) mass is 396 g/mol. The van der Waals surface area contributed by atoms with Crippen LogP contribution in [0.1, 0.15) is 13.8 Å². The molecular formula is C19H17FN6O3. The number of pyridine rings is 1. The molecule has 29 heavy (non-hydrogen) atoms. The van der Waals surface area contributed by atoms with Crippen LogP contribution in [0.2, 0.25) is 0 Å². The van der Waals surface area contributed by atoms with Gasteiger partial charge in [0.1, 0.15) is 12.4 Å². The van der Waals surface area contributed by atoms with Crippen LogP contribution in [0.4, 0.5) is 4.39 Å². The van der Waals surface area contributed by atoms with Crippen molar-refractivity contribution < 1.29 is 13.7 Å². The van der Waals surface area contributed by atoms with Crippen molar-refractivity contribution in [3.63, 3.8) is 0 Å². The number of hydrogen-bond donors (Lipinski definition) is 1. The molecule has 3 aromatic heterocycles. The van der Waals surface area contributed by atoms with Gasteiger partial charge in [-0.05, 0) is 38.1 Å². The molecule has 3 heterocycles. The number of hydrogen-bond acceptors (Lipinski definition) is 6. The number of nitrogens with zero attached hydrogens (tertiary/aromatic N) is 5. The Morgan fingerprint density at radius 1 is 1.28 bits per heavy atom. The molecule has 0 unspecified atom stereocenters. The van der Waals surface area contributed by atoms with Crippen LogP contribution in [0.15, 0.2) is 51.9 Å². The molecule has 9 nitrogen and oxygen atoms in total. The van der Waals surface area contributed by atoms with Crippen LogP contribution in [0, 0.1) is 5.82 Å². The van der Waals surface area contributed by atoms with E-state index in [2.05, 4.69) is 20.6 Å². The predicted octanol–water partition coefficient (Wildman–Crippen LogP) is 1.88. The van der Waals surface area contributed by atoms with Gasteiger partial charge >= 0.3 is 5.69 Å². The zero-order valence-corrected chi connectivity index (χ0v) is 15.7. The summed E-state index contributed by atoms with van der Waals surface area (Å²) in [6.07, 6.45) is 1.54. The lowest BCUT2D eigenvalue weighted by atomic mass is 10.2. The highest BCUT2D eigenvalue weighted by atomic mass is 19.1. The van der Waals surface area contributed by atoms with E-state index in [9.17, 15) is 14.0 Å². The van der Waals surface area contributed by atoms with Crippen molar-refractivity contribution in [3.05, 3.63) is 58.9 Å². The Morgan fingerprint density at radius 3 is 2.86 bits per heavy atom. The molecule has 4 rings (SSSR count). The molecule has 0 radical (unpaired) electrons. The van der Waals surface area contributed by atoms with Crippen LogP contribution in [-0.4, -0.2) is 36.3 Å². The topological polar surface area (TPSA) is 107 Å². The second-order valence-electron chi connectivity index (χ2n) is 6.71. The van der Waals surface area contributed by atoms with Gasteiger partial charge in [0.2, 0.25) is 11.7 Å². The van der Waals surface area contributed by atoms with Gasteiger partial charge in [0, 0.05) is 17.8 Å². The number of rotatable bonds is 5. The summed E-state index contributed by atoms with van der Waals surface area (Å²) >= 11 is 0. The Balaban J connectivity index is 1.73. The largest absolute Gasteiger partial charge is 0.352 e. The van der Waals surface area contributed by atoms with Gasteiger partial charge in [-0.3, -0.25) is 4.79 Å². The third-order valence-electron chi connectivity index (χ3n) is 4.09. The maximum Gasteiger partial charge on any atom is 0.350 e. The van der Waals surface area contributed by atoms with Crippen molar-refractivity contribution in [1.82, 2.24) is 29.6 Å². The number of aromatic nitrogens is 5.